The number of carbonyl (C=O) groups is 1. The number of hydrogen-bond donors (Lipinski definition) is 3. The van der Waals surface area contributed by atoms with Gasteiger partial charge >= 0.3 is 6.09 Å². The van der Waals surface area contributed by atoms with E-state index >= 15 is 0 Å². The van der Waals surface area contributed by atoms with Crippen LogP contribution in [0.3, 0.4) is 0 Å². The molecule has 184 valence electrons. The number of alkyl halides is 1. The summed E-state index contributed by atoms with van der Waals surface area (Å²) >= 11 is 0. The molecule has 1 saturated heterocycles. The first-order valence-corrected chi connectivity index (χ1v) is 12.5. The van der Waals surface area contributed by atoms with Crippen LogP contribution in [0.1, 0.15) is 17.5 Å². The van der Waals surface area contributed by atoms with E-state index in [1.54, 1.807) is 12.4 Å². The Hall–Kier alpha value is -3.25. The molecule has 1 fully saturated rings. The molecule has 0 bridgehead atoms. The molecule has 0 unspecified atom stereocenters. The van der Waals surface area contributed by atoms with Gasteiger partial charge in [-0.2, -0.15) is 13.4 Å². The molecule has 3 heterocycles. The van der Waals surface area contributed by atoms with Crippen LogP contribution in [-0.2, 0) is 21.5 Å². The van der Waals surface area contributed by atoms with E-state index < -0.39 is 22.4 Å². The minimum Gasteiger partial charge on any atom is -0.445 e. The summed E-state index contributed by atoms with van der Waals surface area (Å²) in [6.45, 7) is 3.11. The topological polar surface area (TPSA) is 138 Å². The monoisotopic (exact) mass is 493 g/mol. The average molecular weight is 494 g/mol. The molecule has 0 aliphatic carbocycles. The number of nitrogens with one attached hydrogen (secondary N) is 2. The van der Waals surface area contributed by atoms with Gasteiger partial charge in [0.15, 0.2) is 0 Å². The first kappa shape index (κ1) is 25.4. The second kappa shape index (κ2) is 11.3. The Kier molecular flexibility index (Phi) is 8.40. The van der Waals surface area contributed by atoms with Gasteiger partial charge in [0, 0.05) is 36.8 Å². The van der Waals surface area contributed by atoms with E-state index in [9.17, 15) is 17.6 Å². The highest BCUT2D eigenvalue weighted by molar-refractivity contribution is 7.85. The van der Waals surface area contributed by atoms with Gasteiger partial charge in [-0.1, -0.05) is 29.8 Å². The molecule has 0 spiro atoms. The number of amides is 1. The van der Waals surface area contributed by atoms with Crippen molar-refractivity contribution >= 4 is 33.2 Å². The number of aromatic nitrogens is 3. The van der Waals surface area contributed by atoms with Crippen LogP contribution in [0.25, 0.3) is 11.0 Å². The number of H-pyrrole nitrogens is 1. The minimum absolute atomic E-state index is 0.0373. The maximum absolute atomic E-state index is 14.6. The standard InChI is InChI=1S/C21H24FN5O2.CH4O3S/c1-14-2-4-15(5-3-14)13-29-21(28)27-9-7-16(18(22)12-27)10-24-20-25-11-17-6-8-23-19(17)26-20;1-5(2,3)4/h2-6,8,11,16,18H,7,9-10,12-13H2,1H3,(H2,23,24,25,26);1H3,(H,2,3,4)/t16-,18-;/m1./s1. The lowest BCUT2D eigenvalue weighted by Gasteiger charge is -2.34. The Morgan fingerprint density at radius 2 is 2.03 bits per heavy atom. The van der Waals surface area contributed by atoms with Crippen LogP contribution >= 0.6 is 0 Å². The highest BCUT2D eigenvalue weighted by atomic mass is 32.2. The van der Waals surface area contributed by atoms with Crippen molar-refractivity contribution in [2.75, 3.05) is 31.2 Å². The fourth-order valence-corrected chi connectivity index (χ4v) is 3.42. The van der Waals surface area contributed by atoms with Crippen LogP contribution in [0.4, 0.5) is 15.1 Å². The number of anilines is 1. The van der Waals surface area contributed by atoms with Crippen molar-refractivity contribution in [2.45, 2.75) is 26.1 Å². The van der Waals surface area contributed by atoms with E-state index in [1.807, 2.05) is 37.3 Å². The fourth-order valence-electron chi connectivity index (χ4n) is 3.42. The summed E-state index contributed by atoms with van der Waals surface area (Å²) in [6, 6.07) is 9.67. The maximum atomic E-state index is 14.6. The average Bonchev–Trinajstić information content (AvgIpc) is 3.24. The molecular formula is C22H28FN5O5S. The quantitative estimate of drug-likeness (QED) is 0.461. The number of hydrogen-bond acceptors (Lipinski definition) is 7. The smallest absolute Gasteiger partial charge is 0.410 e. The van der Waals surface area contributed by atoms with E-state index in [4.69, 9.17) is 9.29 Å². The molecule has 1 amide bonds. The van der Waals surface area contributed by atoms with E-state index in [1.165, 1.54) is 4.90 Å². The molecule has 3 N–H and O–H groups in total. The molecule has 34 heavy (non-hydrogen) atoms. The maximum Gasteiger partial charge on any atom is 0.410 e. The van der Waals surface area contributed by atoms with Gasteiger partial charge in [-0.15, -0.1) is 0 Å². The number of likely N-dealkylation sites (tertiary alicyclic amines) is 1. The van der Waals surface area contributed by atoms with E-state index in [2.05, 4.69) is 20.3 Å². The number of benzene rings is 1. The molecule has 1 aliphatic rings. The van der Waals surface area contributed by atoms with E-state index in [0.29, 0.717) is 31.7 Å². The highest BCUT2D eigenvalue weighted by Crippen LogP contribution is 2.22. The molecule has 2 atom stereocenters. The first-order valence-electron chi connectivity index (χ1n) is 10.7. The van der Waals surface area contributed by atoms with Crippen LogP contribution in [0.2, 0.25) is 0 Å². The molecule has 12 heteroatoms. The van der Waals surface area contributed by atoms with Crippen molar-refractivity contribution in [2.24, 2.45) is 5.92 Å². The van der Waals surface area contributed by atoms with Crippen molar-refractivity contribution in [3.8, 4) is 0 Å². The van der Waals surface area contributed by atoms with Gasteiger partial charge in [0.2, 0.25) is 5.95 Å². The van der Waals surface area contributed by atoms with Gasteiger partial charge in [-0.05, 0) is 25.0 Å². The normalized spacial score (nSPS) is 18.2. The molecule has 2 aromatic heterocycles. The van der Waals surface area contributed by atoms with Crippen molar-refractivity contribution in [3.63, 3.8) is 0 Å². The number of carbonyl (C=O) groups excluding carboxylic acids is 1. The number of halogens is 1. The van der Waals surface area contributed by atoms with Gasteiger partial charge in [-0.25, -0.2) is 14.2 Å². The Bertz CT molecular complexity index is 1190. The first-order chi connectivity index (χ1) is 16.1. The Morgan fingerprint density at radius 1 is 1.32 bits per heavy atom. The molecule has 1 aliphatic heterocycles. The highest BCUT2D eigenvalue weighted by Gasteiger charge is 2.32. The Balaban J connectivity index is 0.000000588. The molecule has 3 aromatic rings. The van der Waals surface area contributed by atoms with Crippen LogP contribution in [0.5, 0.6) is 0 Å². The lowest BCUT2D eigenvalue weighted by atomic mass is 9.95. The summed E-state index contributed by atoms with van der Waals surface area (Å²) in [5.41, 5.74) is 2.80. The lowest BCUT2D eigenvalue weighted by Crippen LogP contribution is -2.46. The summed E-state index contributed by atoms with van der Waals surface area (Å²) in [5.74, 6) is 0.256. The third kappa shape index (κ3) is 7.96. The Morgan fingerprint density at radius 3 is 2.71 bits per heavy atom. The van der Waals surface area contributed by atoms with Gasteiger partial charge in [0.05, 0.1) is 12.8 Å². The van der Waals surface area contributed by atoms with Gasteiger partial charge in [0.25, 0.3) is 10.1 Å². The number of aryl methyl sites for hydroxylation is 1. The zero-order valence-corrected chi connectivity index (χ0v) is 19.8. The van der Waals surface area contributed by atoms with Crippen LogP contribution in [-0.4, -0.2) is 71.0 Å². The predicted octanol–water partition coefficient (Wildman–Crippen LogP) is 3.18. The summed E-state index contributed by atoms with van der Waals surface area (Å²) in [7, 11) is -3.67. The number of rotatable bonds is 5. The fraction of sp³-hybridized carbons (Fsp3) is 0.409. The van der Waals surface area contributed by atoms with E-state index in [-0.39, 0.29) is 19.1 Å². The van der Waals surface area contributed by atoms with Crippen LogP contribution in [0.15, 0.2) is 42.7 Å². The van der Waals surface area contributed by atoms with Crippen molar-refractivity contribution in [1.29, 1.82) is 0 Å². The number of nitrogens with zero attached hydrogens (tertiary/aromatic N) is 3. The van der Waals surface area contributed by atoms with E-state index in [0.717, 1.165) is 22.2 Å². The number of piperidine rings is 1. The van der Waals surface area contributed by atoms with Gasteiger partial charge in [-0.3, -0.25) is 4.55 Å². The Labute approximate surface area is 197 Å². The van der Waals surface area contributed by atoms with Crippen LogP contribution < -0.4 is 5.32 Å². The van der Waals surface area contributed by atoms with Crippen molar-refractivity contribution in [3.05, 3.63) is 53.9 Å². The number of aromatic amines is 1. The zero-order chi connectivity index (χ0) is 24.7. The molecule has 10 nitrogen and oxygen atoms in total. The minimum atomic E-state index is -3.67. The largest absolute Gasteiger partial charge is 0.445 e. The second-order valence-corrected chi connectivity index (χ2v) is 9.61. The number of ether oxygens (including phenoxy) is 1. The van der Waals surface area contributed by atoms with Crippen molar-refractivity contribution < 1.29 is 26.9 Å². The summed E-state index contributed by atoms with van der Waals surface area (Å²) < 4.78 is 45.8. The molecule has 0 saturated carbocycles. The van der Waals surface area contributed by atoms with Gasteiger partial charge < -0.3 is 19.9 Å². The SMILES string of the molecule is CS(=O)(=O)O.Cc1ccc(COC(=O)N2CC[C@H](CNc3ncc4cc[nH]c4n3)[C@H](F)C2)cc1. The lowest BCUT2D eigenvalue weighted by molar-refractivity contribution is 0.0544. The van der Waals surface area contributed by atoms with Gasteiger partial charge in [0.1, 0.15) is 18.4 Å². The zero-order valence-electron chi connectivity index (χ0n) is 18.9. The third-order valence-corrected chi connectivity index (χ3v) is 5.24. The number of fused-ring (bicyclic) bond motifs is 1. The molecule has 1 aromatic carbocycles. The second-order valence-electron chi connectivity index (χ2n) is 8.14. The summed E-state index contributed by atoms with van der Waals surface area (Å²) in [5, 5.41) is 4.03. The summed E-state index contributed by atoms with van der Waals surface area (Å²) in [4.78, 5) is 25.3. The molecular weight excluding hydrogens is 465 g/mol. The molecule has 0 radical (unpaired) electrons. The predicted molar refractivity (Wildman–Crippen MR) is 126 cm³/mol. The molecule has 4 rings (SSSR count). The summed E-state index contributed by atoms with van der Waals surface area (Å²) in [6.07, 6.45) is 3.19. The van der Waals surface area contributed by atoms with Crippen LogP contribution in [0, 0.1) is 12.8 Å². The van der Waals surface area contributed by atoms with Crippen molar-refractivity contribution in [1.82, 2.24) is 19.9 Å². The third-order valence-electron chi connectivity index (χ3n) is 5.24.